The maximum absolute atomic E-state index is 5.84. The summed E-state index contributed by atoms with van der Waals surface area (Å²) in [6, 6.07) is 30.4. The molecule has 1 fully saturated rings. The van der Waals surface area contributed by atoms with E-state index in [1.54, 1.807) is 0 Å². The van der Waals surface area contributed by atoms with Crippen molar-refractivity contribution in [2.45, 2.75) is 51.7 Å². The van der Waals surface area contributed by atoms with Crippen LogP contribution < -0.4 is 5.32 Å². The van der Waals surface area contributed by atoms with Crippen molar-refractivity contribution < 1.29 is 9.47 Å². The first-order valence-corrected chi connectivity index (χ1v) is 12.7. The van der Waals surface area contributed by atoms with Gasteiger partial charge in [-0.2, -0.15) is 0 Å². The zero-order valence-corrected chi connectivity index (χ0v) is 20.3. The molecule has 0 radical (unpaired) electrons. The van der Waals surface area contributed by atoms with Gasteiger partial charge >= 0.3 is 0 Å². The molecule has 1 saturated heterocycles. The number of rotatable bonds is 11. The highest BCUT2D eigenvalue weighted by molar-refractivity contribution is 5.83. The van der Waals surface area contributed by atoms with Gasteiger partial charge in [-0.25, -0.2) is 0 Å². The summed E-state index contributed by atoms with van der Waals surface area (Å²) >= 11 is 0. The van der Waals surface area contributed by atoms with Crippen LogP contribution in [-0.2, 0) is 15.9 Å². The molecule has 34 heavy (non-hydrogen) atoms. The first-order valence-electron chi connectivity index (χ1n) is 12.7. The minimum Gasteiger partial charge on any atom is -0.385 e. The Labute approximate surface area is 204 Å². The number of allylic oxidation sites excluding steroid dienone is 1. The fourth-order valence-corrected chi connectivity index (χ4v) is 4.53. The Morgan fingerprint density at radius 3 is 2.26 bits per heavy atom. The van der Waals surface area contributed by atoms with Gasteiger partial charge in [-0.05, 0) is 72.9 Å². The second kappa shape index (κ2) is 13.1. The SMILES string of the molecule is CC/C(Cc1ccccc1)=C(\c1ccccc1)c1ccc(NCCCOC2CCCCO2)cc1. The summed E-state index contributed by atoms with van der Waals surface area (Å²) in [7, 11) is 0. The fraction of sp³-hybridized carbons (Fsp3) is 0.355. The molecule has 0 bridgehead atoms. The van der Waals surface area contributed by atoms with E-state index in [1.807, 2.05) is 0 Å². The first kappa shape index (κ1) is 24.3. The van der Waals surface area contributed by atoms with Crippen LogP contribution in [0.1, 0.15) is 55.7 Å². The highest BCUT2D eigenvalue weighted by Gasteiger charge is 2.14. The van der Waals surface area contributed by atoms with Gasteiger partial charge in [-0.1, -0.05) is 85.3 Å². The van der Waals surface area contributed by atoms with Crippen LogP contribution in [0, 0.1) is 0 Å². The average molecular weight is 456 g/mol. The van der Waals surface area contributed by atoms with Crippen molar-refractivity contribution in [1.29, 1.82) is 0 Å². The standard InChI is InChI=1S/C31H37NO2/c1-2-26(24-25-12-5-3-6-13-25)31(27-14-7-4-8-15-27)28-17-19-29(20-18-28)32-21-11-23-34-30-16-9-10-22-33-30/h3-8,12-15,17-20,30,32H,2,9-11,16,21-24H2,1H3/b31-26-. The summed E-state index contributed by atoms with van der Waals surface area (Å²) in [5.74, 6) is 0. The second-order valence-corrected chi connectivity index (χ2v) is 8.89. The maximum Gasteiger partial charge on any atom is 0.157 e. The van der Waals surface area contributed by atoms with Crippen molar-refractivity contribution in [3.63, 3.8) is 0 Å². The van der Waals surface area contributed by atoms with Gasteiger partial charge in [-0.3, -0.25) is 0 Å². The van der Waals surface area contributed by atoms with Crippen molar-refractivity contribution in [3.05, 3.63) is 107 Å². The normalized spacial score (nSPS) is 16.7. The van der Waals surface area contributed by atoms with Gasteiger partial charge in [0, 0.05) is 18.8 Å². The molecule has 1 heterocycles. The molecule has 0 spiro atoms. The molecule has 4 rings (SSSR count). The van der Waals surface area contributed by atoms with Crippen LogP contribution in [0.3, 0.4) is 0 Å². The lowest BCUT2D eigenvalue weighted by Gasteiger charge is -2.22. The number of hydrogen-bond donors (Lipinski definition) is 1. The van der Waals surface area contributed by atoms with E-state index < -0.39 is 0 Å². The molecule has 3 aromatic carbocycles. The molecule has 178 valence electrons. The van der Waals surface area contributed by atoms with E-state index in [4.69, 9.17) is 9.47 Å². The van der Waals surface area contributed by atoms with Crippen molar-refractivity contribution in [3.8, 4) is 0 Å². The Hall–Kier alpha value is -2.88. The Balaban J connectivity index is 1.42. The van der Waals surface area contributed by atoms with E-state index >= 15 is 0 Å². The topological polar surface area (TPSA) is 30.5 Å². The van der Waals surface area contributed by atoms with Crippen LogP contribution in [0.4, 0.5) is 5.69 Å². The van der Waals surface area contributed by atoms with Crippen LogP contribution in [0.5, 0.6) is 0 Å². The van der Waals surface area contributed by atoms with Crippen LogP contribution in [0.2, 0.25) is 0 Å². The number of anilines is 1. The molecule has 0 amide bonds. The van der Waals surface area contributed by atoms with Crippen LogP contribution in [0.15, 0.2) is 90.5 Å². The van der Waals surface area contributed by atoms with E-state index in [0.717, 1.165) is 57.6 Å². The molecule has 3 aromatic rings. The van der Waals surface area contributed by atoms with Crippen molar-refractivity contribution >= 4 is 11.3 Å². The zero-order chi connectivity index (χ0) is 23.4. The molecule has 1 aliphatic heterocycles. The molecule has 0 aliphatic carbocycles. The number of nitrogens with one attached hydrogen (secondary N) is 1. The number of ether oxygens (including phenoxy) is 2. The highest BCUT2D eigenvalue weighted by Crippen LogP contribution is 2.31. The van der Waals surface area contributed by atoms with Gasteiger partial charge in [0.2, 0.25) is 0 Å². The first-order chi connectivity index (χ1) is 16.8. The van der Waals surface area contributed by atoms with Crippen LogP contribution >= 0.6 is 0 Å². The predicted molar refractivity (Wildman–Crippen MR) is 142 cm³/mol. The Kier molecular flexibility index (Phi) is 9.36. The second-order valence-electron chi connectivity index (χ2n) is 8.89. The summed E-state index contributed by atoms with van der Waals surface area (Å²) in [6.07, 6.45) is 6.34. The average Bonchev–Trinajstić information content (AvgIpc) is 2.91. The van der Waals surface area contributed by atoms with Gasteiger partial charge in [0.1, 0.15) is 0 Å². The van der Waals surface area contributed by atoms with E-state index in [-0.39, 0.29) is 6.29 Å². The Morgan fingerprint density at radius 1 is 0.882 bits per heavy atom. The smallest absolute Gasteiger partial charge is 0.157 e. The molecule has 0 aromatic heterocycles. The lowest BCUT2D eigenvalue weighted by atomic mass is 9.88. The summed E-state index contributed by atoms with van der Waals surface area (Å²) in [4.78, 5) is 0. The van der Waals surface area contributed by atoms with Crippen molar-refractivity contribution in [1.82, 2.24) is 0 Å². The molecule has 1 unspecified atom stereocenters. The molecular formula is C31H37NO2. The van der Waals surface area contributed by atoms with Gasteiger partial charge in [-0.15, -0.1) is 0 Å². The van der Waals surface area contributed by atoms with Crippen LogP contribution in [-0.4, -0.2) is 26.0 Å². The minimum absolute atomic E-state index is 0.000115. The fourth-order valence-electron chi connectivity index (χ4n) is 4.53. The predicted octanol–water partition coefficient (Wildman–Crippen LogP) is 7.49. The largest absolute Gasteiger partial charge is 0.385 e. The van der Waals surface area contributed by atoms with Crippen LogP contribution in [0.25, 0.3) is 5.57 Å². The summed E-state index contributed by atoms with van der Waals surface area (Å²) in [5, 5.41) is 3.53. The third-order valence-corrected chi connectivity index (χ3v) is 6.37. The quantitative estimate of drug-likeness (QED) is 0.304. The summed E-state index contributed by atoms with van der Waals surface area (Å²) < 4.78 is 11.5. The van der Waals surface area contributed by atoms with E-state index in [0.29, 0.717) is 0 Å². The lowest BCUT2D eigenvalue weighted by molar-refractivity contribution is -0.162. The minimum atomic E-state index is -0.000115. The van der Waals surface area contributed by atoms with Gasteiger partial charge in [0.25, 0.3) is 0 Å². The maximum atomic E-state index is 5.84. The molecule has 1 N–H and O–H groups in total. The monoisotopic (exact) mass is 455 g/mol. The van der Waals surface area contributed by atoms with Gasteiger partial charge in [0.15, 0.2) is 6.29 Å². The molecule has 3 heteroatoms. The Morgan fingerprint density at radius 2 is 1.59 bits per heavy atom. The highest BCUT2D eigenvalue weighted by atomic mass is 16.7. The Bertz CT molecular complexity index is 1010. The molecular weight excluding hydrogens is 418 g/mol. The zero-order valence-electron chi connectivity index (χ0n) is 20.3. The number of hydrogen-bond acceptors (Lipinski definition) is 3. The van der Waals surface area contributed by atoms with Gasteiger partial charge in [0.05, 0.1) is 6.61 Å². The van der Waals surface area contributed by atoms with Crippen molar-refractivity contribution in [2.24, 2.45) is 0 Å². The summed E-state index contributed by atoms with van der Waals surface area (Å²) in [6.45, 7) is 4.72. The molecule has 1 aliphatic rings. The molecule has 1 atom stereocenters. The van der Waals surface area contributed by atoms with Crippen molar-refractivity contribution in [2.75, 3.05) is 25.1 Å². The van der Waals surface area contributed by atoms with E-state index in [1.165, 1.54) is 34.3 Å². The molecule has 3 nitrogen and oxygen atoms in total. The van der Waals surface area contributed by atoms with E-state index in [2.05, 4.69) is 97.2 Å². The third-order valence-electron chi connectivity index (χ3n) is 6.37. The van der Waals surface area contributed by atoms with E-state index in [9.17, 15) is 0 Å². The molecule has 0 saturated carbocycles. The van der Waals surface area contributed by atoms with Gasteiger partial charge < -0.3 is 14.8 Å². The lowest BCUT2D eigenvalue weighted by Crippen LogP contribution is -2.23. The number of benzene rings is 3. The third kappa shape index (κ3) is 7.06. The summed E-state index contributed by atoms with van der Waals surface area (Å²) in [5.41, 5.74) is 7.85.